The lowest BCUT2D eigenvalue weighted by Gasteiger charge is -2.58. The predicted octanol–water partition coefficient (Wildman–Crippen LogP) is 6.29. The van der Waals surface area contributed by atoms with E-state index in [1.54, 1.807) is 7.11 Å². The number of amides is 1. The van der Waals surface area contributed by atoms with Crippen LogP contribution in [-0.2, 0) is 29.6 Å². The van der Waals surface area contributed by atoms with Gasteiger partial charge in [0.15, 0.2) is 0 Å². The summed E-state index contributed by atoms with van der Waals surface area (Å²) in [7, 11) is 1.80. The van der Waals surface area contributed by atoms with Crippen LogP contribution in [0.25, 0.3) is 0 Å². The number of hydrogen-bond acceptors (Lipinski definition) is 3. The van der Waals surface area contributed by atoms with Gasteiger partial charge in [-0.1, -0.05) is 63.1 Å². The largest absolute Gasteiger partial charge is 0.496 e. The summed E-state index contributed by atoms with van der Waals surface area (Å²) in [4.78, 5) is 15.3. The fourth-order valence-electron chi connectivity index (χ4n) is 6.91. The van der Waals surface area contributed by atoms with Gasteiger partial charge in [0.2, 0.25) is 0 Å². The molecule has 0 radical (unpaired) electrons. The van der Waals surface area contributed by atoms with Crippen LogP contribution in [0.5, 0.6) is 5.75 Å². The van der Waals surface area contributed by atoms with Crippen molar-refractivity contribution in [1.29, 1.82) is 0 Å². The highest BCUT2D eigenvalue weighted by molar-refractivity contribution is 5.69. The molecule has 2 bridgehead atoms. The fraction of sp³-hybridized carbons (Fsp3) is 0.552. The number of methoxy groups -OCH3 is 1. The van der Waals surface area contributed by atoms with Crippen molar-refractivity contribution in [3.05, 3.63) is 64.7 Å². The minimum Gasteiger partial charge on any atom is -0.496 e. The van der Waals surface area contributed by atoms with E-state index in [1.165, 1.54) is 42.4 Å². The molecule has 2 aliphatic carbocycles. The van der Waals surface area contributed by atoms with E-state index in [4.69, 9.17) is 9.47 Å². The third-order valence-electron chi connectivity index (χ3n) is 8.30. The Bertz CT molecular complexity index is 1000. The molecule has 1 heterocycles. The minimum absolute atomic E-state index is 0.151. The van der Waals surface area contributed by atoms with Gasteiger partial charge in [-0.3, -0.25) is 0 Å². The van der Waals surface area contributed by atoms with Gasteiger partial charge >= 0.3 is 6.09 Å². The molecule has 3 atom stereocenters. The van der Waals surface area contributed by atoms with Gasteiger partial charge in [-0.25, -0.2) is 4.79 Å². The Morgan fingerprint density at radius 1 is 1.15 bits per heavy atom. The first-order chi connectivity index (χ1) is 16.0. The molecule has 1 amide bonds. The highest BCUT2D eigenvalue weighted by Crippen LogP contribution is 2.56. The number of benzene rings is 2. The van der Waals surface area contributed by atoms with Crippen LogP contribution in [0.3, 0.4) is 0 Å². The van der Waals surface area contributed by atoms with Gasteiger partial charge in [-0.05, 0) is 72.3 Å². The highest BCUT2D eigenvalue weighted by atomic mass is 16.6. The van der Waals surface area contributed by atoms with E-state index in [2.05, 4.69) is 30.9 Å². The second kappa shape index (κ2) is 9.04. The Morgan fingerprint density at radius 2 is 1.97 bits per heavy atom. The topological polar surface area (TPSA) is 38.8 Å². The second-order valence-corrected chi connectivity index (χ2v) is 10.7. The van der Waals surface area contributed by atoms with E-state index in [0.717, 1.165) is 37.1 Å². The Kier molecular flexibility index (Phi) is 6.11. The van der Waals surface area contributed by atoms with Crippen LogP contribution < -0.4 is 4.74 Å². The summed E-state index contributed by atoms with van der Waals surface area (Å²) >= 11 is 0. The smallest absolute Gasteiger partial charge is 0.410 e. The molecule has 2 fully saturated rings. The van der Waals surface area contributed by atoms with E-state index < -0.39 is 0 Å². The van der Waals surface area contributed by atoms with Crippen molar-refractivity contribution in [2.24, 2.45) is 11.8 Å². The molecule has 4 nitrogen and oxygen atoms in total. The van der Waals surface area contributed by atoms with E-state index in [-0.39, 0.29) is 17.6 Å². The number of fused-ring (bicyclic) bond motifs is 1. The van der Waals surface area contributed by atoms with Crippen LogP contribution in [0.1, 0.15) is 68.2 Å². The van der Waals surface area contributed by atoms with Crippen LogP contribution in [0.2, 0.25) is 0 Å². The van der Waals surface area contributed by atoms with Gasteiger partial charge in [0.1, 0.15) is 12.4 Å². The average molecular weight is 448 g/mol. The summed E-state index contributed by atoms with van der Waals surface area (Å²) in [5.41, 5.74) is 5.44. The lowest BCUT2D eigenvalue weighted by Crippen LogP contribution is -2.62. The third-order valence-corrected chi connectivity index (χ3v) is 8.30. The van der Waals surface area contributed by atoms with Crippen molar-refractivity contribution in [2.75, 3.05) is 13.7 Å². The molecule has 176 valence electrons. The van der Waals surface area contributed by atoms with Crippen LogP contribution in [0, 0.1) is 11.8 Å². The van der Waals surface area contributed by atoms with E-state index in [9.17, 15) is 4.79 Å². The molecule has 2 aromatic rings. The first-order valence-corrected chi connectivity index (χ1v) is 12.7. The van der Waals surface area contributed by atoms with Crippen LogP contribution in [0.15, 0.2) is 42.5 Å². The number of piperidine rings is 1. The number of carbonyl (C=O) groups is 1. The lowest BCUT2D eigenvalue weighted by molar-refractivity contribution is -0.0137. The third kappa shape index (κ3) is 4.02. The van der Waals surface area contributed by atoms with E-state index in [1.807, 2.05) is 30.3 Å². The summed E-state index contributed by atoms with van der Waals surface area (Å²) in [5.74, 6) is 2.13. The van der Waals surface area contributed by atoms with Crippen molar-refractivity contribution in [2.45, 2.75) is 76.9 Å². The molecule has 2 aromatic carbocycles. The molecule has 0 spiro atoms. The molecule has 5 rings (SSSR count). The first kappa shape index (κ1) is 22.3. The Morgan fingerprint density at radius 3 is 2.73 bits per heavy atom. The van der Waals surface area contributed by atoms with Crippen molar-refractivity contribution < 1.29 is 14.3 Å². The van der Waals surface area contributed by atoms with Crippen molar-refractivity contribution >= 4 is 6.09 Å². The Labute approximate surface area is 198 Å². The number of likely N-dealkylation sites (tertiary alicyclic amines) is 1. The van der Waals surface area contributed by atoms with Gasteiger partial charge in [0.25, 0.3) is 0 Å². The number of ether oxygens (including phenoxy) is 2. The van der Waals surface area contributed by atoms with Gasteiger partial charge in [0, 0.05) is 18.0 Å². The summed E-state index contributed by atoms with van der Waals surface area (Å²) < 4.78 is 11.7. The minimum atomic E-state index is -0.151. The molecule has 0 aromatic heterocycles. The molecule has 3 aliphatic rings. The molecule has 1 aliphatic heterocycles. The van der Waals surface area contributed by atoms with Crippen LogP contribution >= 0.6 is 0 Å². The zero-order valence-corrected chi connectivity index (χ0v) is 20.3. The normalized spacial score (nSPS) is 25.9. The van der Waals surface area contributed by atoms with Gasteiger partial charge in [-0.2, -0.15) is 0 Å². The van der Waals surface area contributed by atoms with Crippen LogP contribution in [0.4, 0.5) is 4.79 Å². The summed E-state index contributed by atoms with van der Waals surface area (Å²) in [6, 6.07) is 15.0. The van der Waals surface area contributed by atoms with E-state index in [0.29, 0.717) is 18.4 Å². The SMILES string of the molecule is COc1cc2c(cc1CC(C)C)C[C@@H]1[C@@H]3CCCC[C@]23CCN1C(=O)OCc1ccccc1. The maximum atomic E-state index is 13.3. The zero-order valence-electron chi connectivity index (χ0n) is 20.3. The average Bonchev–Trinajstić information content (AvgIpc) is 2.82. The predicted molar refractivity (Wildman–Crippen MR) is 131 cm³/mol. The Balaban J connectivity index is 1.46. The number of hydrogen-bond donors (Lipinski definition) is 0. The number of rotatable bonds is 5. The van der Waals surface area contributed by atoms with Gasteiger partial charge in [-0.15, -0.1) is 0 Å². The molecule has 0 N–H and O–H groups in total. The second-order valence-electron chi connectivity index (χ2n) is 10.7. The zero-order chi connectivity index (χ0) is 23.0. The number of nitrogens with zero attached hydrogens (tertiary/aromatic N) is 1. The molecule has 1 saturated heterocycles. The van der Waals surface area contributed by atoms with Crippen molar-refractivity contribution in [1.82, 2.24) is 4.90 Å². The maximum absolute atomic E-state index is 13.3. The molecule has 33 heavy (non-hydrogen) atoms. The Hall–Kier alpha value is -2.49. The summed E-state index contributed by atoms with van der Waals surface area (Å²) in [6.45, 7) is 5.64. The molecule has 4 heteroatoms. The maximum Gasteiger partial charge on any atom is 0.410 e. The first-order valence-electron chi connectivity index (χ1n) is 12.7. The molecule has 1 saturated carbocycles. The highest BCUT2D eigenvalue weighted by Gasteiger charge is 2.55. The van der Waals surface area contributed by atoms with Crippen LogP contribution in [-0.4, -0.2) is 30.7 Å². The quantitative estimate of drug-likeness (QED) is 0.541. The van der Waals surface area contributed by atoms with Crippen molar-refractivity contribution in [3.63, 3.8) is 0 Å². The lowest BCUT2D eigenvalue weighted by atomic mass is 9.52. The van der Waals surface area contributed by atoms with E-state index >= 15 is 0 Å². The molecule has 0 unspecified atom stereocenters. The summed E-state index contributed by atoms with van der Waals surface area (Å²) in [5, 5.41) is 0. The number of carbonyl (C=O) groups excluding carboxylic acids is 1. The monoisotopic (exact) mass is 447 g/mol. The van der Waals surface area contributed by atoms with Gasteiger partial charge < -0.3 is 14.4 Å². The molecular formula is C29H37NO3. The van der Waals surface area contributed by atoms with Crippen molar-refractivity contribution in [3.8, 4) is 5.75 Å². The molecular weight excluding hydrogens is 410 g/mol. The summed E-state index contributed by atoms with van der Waals surface area (Å²) in [6.07, 6.45) is 7.77. The standard InChI is InChI=1S/C29H37NO3/c1-20(2)15-23-16-22-17-26-24-11-7-8-12-29(24,25(22)18-27(23)32-3)13-14-30(26)28(31)33-19-21-9-5-4-6-10-21/h4-6,9-10,16,18,20,24,26H,7-8,11-15,17,19H2,1-3H3/t24-,26+,29+/m0/s1. The fourth-order valence-corrected chi connectivity index (χ4v) is 6.91. The van der Waals surface area contributed by atoms with Gasteiger partial charge in [0.05, 0.1) is 7.11 Å².